The third-order valence-corrected chi connectivity index (χ3v) is 6.24. The average Bonchev–Trinajstić information content (AvgIpc) is 3.25. The van der Waals surface area contributed by atoms with Crippen LogP contribution in [0.1, 0.15) is 24.5 Å². The van der Waals surface area contributed by atoms with E-state index in [0.717, 1.165) is 39.1 Å². The molecule has 4 aromatic rings. The second kappa shape index (κ2) is 11.1. The first kappa shape index (κ1) is 23.6. The minimum atomic E-state index is -0.0271. The summed E-state index contributed by atoms with van der Waals surface area (Å²) in [5.41, 5.74) is 7.26. The summed E-state index contributed by atoms with van der Waals surface area (Å²) >= 11 is 1.55. The number of aromatic nitrogens is 2. The number of hydrogen-bond donors (Lipinski definition) is 2. The SMILES string of the molecule is CCOc1ccc(NC(=O)CCSc2nc(-c3ccc(C)cc3)c(-c3ccc(C)cc3)[nH]2)cc1. The van der Waals surface area contributed by atoms with E-state index in [1.165, 1.54) is 11.1 Å². The van der Waals surface area contributed by atoms with Crippen molar-refractivity contribution in [2.24, 2.45) is 0 Å². The lowest BCUT2D eigenvalue weighted by Gasteiger charge is -2.06. The van der Waals surface area contributed by atoms with Gasteiger partial charge in [0.05, 0.1) is 18.0 Å². The van der Waals surface area contributed by atoms with E-state index >= 15 is 0 Å². The van der Waals surface area contributed by atoms with E-state index in [2.05, 4.69) is 72.7 Å². The van der Waals surface area contributed by atoms with Crippen molar-refractivity contribution in [3.05, 3.63) is 83.9 Å². The fourth-order valence-corrected chi connectivity index (χ4v) is 4.35. The molecule has 0 fully saturated rings. The van der Waals surface area contributed by atoms with Crippen molar-refractivity contribution in [3.63, 3.8) is 0 Å². The number of benzene rings is 3. The van der Waals surface area contributed by atoms with Gasteiger partial charge in [-0.3, -0.25) is 4.79 Å². The van der Waals surface area contributed by atoms with Crippen molar-refractivity contribution >= 4 is 23.4 Å². The number of anilines is 1. The lowest BCUT2D eigenvalue weighted by atomic mass is 10.0. The Balaban J connectivity index is 1.43. The summed E-state index contributed by atoms with van der Waals surface area (Å²) in [6.07, 6.45) is 0.387. The number of thioether (sulfide) groups is 1. The molecule has 3 aromatic carbocycles. The molecule has 1 heterocycles. The van der Waals surface area contributed by atoms with Crippen molar-refractivity contribution in [2.75, 3.05) is 17.7 Å². The minimum Gasteiger partial charge on any atom is -0.494 e. The summed E-state index contributed by atoms with van der Waals surface area (Å²) in [7, 11) is 0. The van der Waals surface area contributed by atoms with Crippen LogP contribution in [0.25, 0.3) is 22.5 Å². The Bertz CT molecular complexity index is 1170. The Morgan fingerprint density at radius 3 is 2.15 bits per heavy atom. The molecule has 0 radical (unpaired) electrons. The van der Waals surface area contributed by atoms with Crippen LogP contribution in [0.2, 0.25) is 0 Å². The number of hydrogen-bond acceptors (Lipinski definition) is 4. The zero-order chi connectivity index (χ0) is 23.9. The number of H-pyrrole nitrogens is 1. The molecular weight excluding hydrogens is 442 g/mol. The van der Waals surface area contributed by atoms with Gasteiger partial charge in [-0.2, -0.15) is 0 Å². The predicted octanol–water partition coefficient (Wildman–Crippen LogP) is 6.88. The highest BCUT2D eigenvalue weighted by Crippen LogP contribution is 2.33. The van der Waals surface area contributed by atoms with Gasteiger partial charge in [0, 0.05) is 29.0 Å². The van der Waals surface area contributed by atoms with Crippen LogP contribution in [-0.4, -0.2) is 28.2 Å². The summed E-state index contributed by atoms with van der Waals surface area (Å²) in [6, 6.07) is 24.2. The van der Waals surface area contributed by atoms with Crippen molar-refractivity contribution in [1.82, 2.24) is 9.97 Å². The van der Waals surface area contributed by atoms with Crippen LogP contribution < -0.4 is 10.1 Å². The topological polar surface area (TPSA) is 67.0 Å². The lowest BCUT2D eigenvalue weighted by molar-refractivity contribution is -0.115. The molecule has 2 N–H and O–H groups in total. The average molecular weight is 472 g/mol. The molecule has 5 nitrogen and oxygen atoms in total. The molecule has 0 bridgehead atoms. The second-order valence-electron chi connectivity index (χ2n) is 8.10. The van der Waals surface area contributed by atoms with Gasteiger partial charge in [0.15, 0.2) is 5.16 Å². The van der Waals surface area contributed by atoms with E-state index in [1.54, 1.807) is 11.8 Å². The summed E-state index contributed by atoms with van der Waals surface area (Å²) in [6.45, 7) is 6.72. The maximum atomic E-state index is 12.4. The van der Waals surface area contributed by atoms with E-state index in [4.69, 9.17) is 9.72 Å². The van der Waals surface area contributed by atoms with Gasteiger partial charge in [-0.25, -0.2) is 4.98 Å². The van der Waals surface area contributed by atoms with Gasteiger partial charge in [-0.1, -0.05) is 71.4 Å². The molecule has 6 heteroatoms. The fourth-order valence-electron chi connectivity index (χ4n) is 3.53. The van der Waals surface area contributed by atoms with Crippen LogP contribution in [0, 0.1) is 13.8 Å². The normalized spacial score (nSPS) is 10.8. The Kier molecular flexibility index (Phi) is 7.70. The van der Waals surface area contributed by atoms with Crippen LogP contribution in [0.3, 0.4) is 0 Å². The molecule has 0 aliphatic heterocycles. The smallest absolute Gasteiger partial charge is 0.225 e. The predicted molar refractivity (Wildman–Crippen MR) is 141 cm³/mol. The third kappa shape index (κ3) is 6.08. The van der Waals surface area contributed by atoms with E-state index in [1.807, 2.05) is 31.2 Å². The van der Waals surface area contributed by atoms with Crippen LogP contribution in [0.5, 0.6) is 5.75 Å². The van der Waals surface area contributed by atoms with E-state index < -0.39 is 0 Å². The molecule has 174 valence electrons. The number of nitrogens with one attached hydrogen (secondary N) is 2. The van der Waals surface area contributed by atoms with Gasteiger partial charge in [-0.05, 0) is 45.0 Å². The molecule has 0 atom stereocenters. The minimum absolute atomic E-state index is 0.0271. The number of carbonyl (C=O) groups excluding carboxylic acids is 1. The van der Waals surface area contributed by atoms with Gasteiger partial charge in [0.25, 0.3) is 0 Å². The Labute approximate surface area is 205 Å². The Hall–Kier alpha value is -3.51. The standard InChI is InChI=1S/C28H29N3O2S/c1-4-33-24-15-13-23(14-16-24)29-25(32)17-18-34-28-30-26(21-9-5-19(2)6-10-21)27(31-28)22-11-7-20(3)8-12-22/h5-16H,4,17-18H2,1-3H3,(H,29,32)(H,30,31). The number of imidazole rings is 1. The maximum Gasteiger partial charge on any atom is 0.225 e. The molecule has 4 rings (SSSR count). The van der Waals surface area contributed by atoms with E-state index in [9.17, 15) is 4.79 Å². The highest BCUT2D eigenvalue weighted by molar-refractivity contribution is 7.99. The van der Waals surface area contributed by atoms with Gasteiger partial charge >= 0.3 is 0 Å². The maximum absolute atomic E-state index is 12.4. The Morgan fingerprint density at radius 1 is 0.912 bits per heavy atom. The van der Waals surface area contributed by atoms with Gasteiger partial charge in [0.1, 0.15) is 5.75 Å². The van der Waals surface area contributed by atoms with Crippen molar-refractivity contribution in [1.29, 1.82) is 0 Å². The number of rotatable bonds is 9. The highest BCUT2D eigenvalue weighted by Gasteiger charge is 2.15. The first-order chi connectivity index (χ1) is 16.5. The summed E-state index contributed by atoms with van der Waals surface area (Å²) in [5.74, 6) is 1.39. The number of aromatic amines is 1. The molecule has 0 unspecified atom stereocenters. The van der Waals surface area contributed by atoms with Gasteiger partial charge in [-0.15, -0.1) is 0 Å². The molecule has 34 heavy (non-hydrogen) atoms. The lowest BCUT2D eigenvalue weighted by Crippen LogP contribution is -2.12. The van der Waals surface area contributed by atoms with Gasteiger partial charge in [0.2, 0.25) is 5.91 Å². The van der Waals surface area contributed by atoms with Crippen molar-refractivity contribution < 1.29 is 9.53 Å². The number of ether oxygens (including phenoxy) is 1. The Morgan fingerprint density at radius 2 is 1.53 bits per heavy atom. The zero-order valence-corrected chi connectivity index (χ0v) is 20.5. The first-order valence-corrected chi connectivity index (χ1v) is 12.4. The zero-order valence-electron chi connectivity index (χ0n) is 19.7. The number of nitrogens with zero attached hydrogens (tertiary/aromatic N) is 1. The van der Waals surface area contributed by atoms with Crippen LogP contribution >= 0.6 is 11.8 Å². The molecule has 0 aliphatic carbocycles. The fraction of sp³-hybridized carbons (Fsp3) is 0.214. The molecule has 1 aromatic heterocycles. The number of amides is 1. The monoisotopic (exact) mass is 471 g/mol. The molecule has 0 saturated heterocycles. The highest BCUT2D eigenvalue weighted by atomic mass is 32.2. The summed E-state index contributed by atoms with van der Waals surface area (Å²) in [4.78, 5) is 20.8. The molecule has 0 saturated carbocycles. The summed E-state index contributed by atoms with van der Waals surface area (Å²) < 4.78 is 5.44. The van der Waals surface area contributed by atoms with Crippen LogP contribution in [0.4, 0.5) is 5.69 Å². The van der Waals surface area contributed by atoms with E-state index in [0.29, 0.717) is 18.8 Å². The summed E-state index contributed by atoms with van der Waals surface area (Å²) in [5, 5.41) is 3.74. The largest absolute Gasteiger partial charge is 0.494 e. The first-order valence-electron chi connectivity index (χ1n) is 11.4. The molecule has 1 amide bonds. The quantitative estimate of drug-likeness (QED) is 0.261. The molecule has 0 spiro atoms. The third-order valence-electron chi connectivity index (χ3n) is 5.36. The second-order valence-corrected chi connectivity index (χ2v) is 9.19. The van der Waals surface area contributed by atoms with Gasteiger partial charge < -0.3 is 15.0 Å². The van der Waals surface area contributed by atoms with Crippen LogP contribution in [-0.2, 0) is 4.79 Å². The molecule has 0 aliphatic rings. The van der Waals surface area contributed by atoms with Crippen LogP contribution in [0.15, 0.2) is 78.0 Å². The molecular formula is C28H29N3O2S. The van der Waals surface area contributed by atoms with Crippen molar-refractivity contribution in [2.45, 2.75) is 32.3 Å². The van der Waals surface area contributed by atoms with Crippen molar-refractivity contribution in [3.8, 4) is 28.3 Å². The number of aryl methyl sites for hydroxylation is 2. The van der Waals surface area contributed by atoms with E-state index in [-0.39, 0.29) is 5.91 Å². The number of carbonyl (C=O) groups is 1.